The molecule has 0 saturated heterocycles. The first kappa shape index (κ1) is 13.2. The first-order valence-electron chi connectivity index (χ1n) is 5.85. The Morgan fingerprint density at radius 3 is 2.58 bits per heavy atom. The van der Waals surface area contributed by atoms with Crippen molar-refractivity contribution in [2.24, 2.45) is 0 Å². The Morgan fingerprint density at radius 2 is 1.89 bits per heavy atom. The second-order valence-electron chi connectivity index (χ2n) is 4.23. The quantitative estimate of drug-likeness (QED) is 0.903. The molecule has 2 rings (SSSR count). The molecular formula is C15H13F2NO. The van der Waals surface area contributed by atoms with Crippen molar-refractivity contribution in [2.45, 2.75) is 13.5 Å². The van der Waals surface area contributed by atoms with Crippen LogP contribution in [0, 0.1) is 18.6 Å². The molecule has 1 amide bonds. The van der Waals surface area contributed by atoms with Gasteiger partial charge in [-0.2, -0.15) is 0 Å². The van der Waals surface area contributed by atoms with Crippen molar-refractivity contribution < 1.29 is 13.6 Å². The van der Waals surface area contributed by atoms with Crippen LogP contribution in [0.4, 0.5) is 8.78 Å². The number of hydrogen-bond donors (Lipinski definition) is 1. The Hall–Kier alpha value is -2.23. The van der Waals surface area contributed by atoms with Gasteiger partial charge in [0.05, 0.1) is 5.56 Å². The number of carbonyl (C=O) groups excluding carboxylic acids is 1. The average molecular weight is 261 g/mol. The van der Waals surface area contributed by atoms with E-state index in [9.17, 15) is 13.6 Å². The van der Waals surface area contributed by atoms with Crippen molar-refractivity contribution in [1.82, 2.24) is 5.32 Å². The van der Waals surface area contributed by atoms with Gasteiger partial charge in [0, 0.05) is 12.6 Å². The van der Waals surface area contributed by atoms with Crippen LogP contribution in [0.1, 0.15) is 21.5 Å². The largest absolute Gasteiger partial charge is 0.348 e. The lowest BCUT2D eigenvalue weighted by Gasteiger charge is -2.08. The van der Waals surface area contributed by atoms with E-state index in [1.807, 2.05) is 31.2 Å². The van der Waals surface area contributed by atoms with Crippen LogP contribution < -0.4 is 5.32 Å². The summed E-state index contributed by atoms with van der Waals surface area (Å²) in [4.78, 5) is 11.8. The fraction of sp³-hybridized carbons (Fsp3) is 0.133. The highest BCUT2D eigenvalue weighted by Crippen LogP contribution is 2.10. The fourth-order valence-corrected chi connectivity index (χ4v) is 1.75. The standard InChI is InChI=1S/C15H13F2NO/c1-10-4-2-3-5-11(10)9-18-15(19)13-7-6-12(16)8-14(13)17/h2-8H,9H2,1H3,(H,18,19). The van der Waals surface area contributed by atoms with E-state index in [1.165, 1.54) is 0 Å². The maximum absolute atomic E-state index is 13.4. The molecule has 0 atom stereocenters. The average Bonchev–Trinajstić information content (AvgIpc) is 2.37. The van der Waals surface area contributed by atoms with Gasteiger partial charge in [0.1, 0.15) is 11.6 Å². The summed E-state index contributed by atoms with van der Waals surface area (Å²) < 4.78 is 26.1. The van der Waals surface area contributed by atoms with Gasteiger partial charge >= 0.3 is 0 Å². The Bertz CT molecular complexity index is 611. The predicted octanol–water partition coefficient (Wildman–Crippen LogP) is 3.20. The van der Waals surface area contributed by atoms with Crippen LogP contribution in [-0.4, -0.2) is 5.91 Å². The Morgan fingerprint density at radius 1 is 1.16 bits per heavy atom. The third-order valence-corrected chi connectivity index (χ3v) is 2.88. The summed E-state index contributed by atoms with van der Waals surface area (Å²) in [6, 6.07) is 10.5. The predicted molar refractivity (Wildman–Crippen MR) is 68.7 cm³/mol. The number of benzene rings is 2. The summed E-state index contributed by atoms with van der Waals surface area (Å²) in [5.74, 6) is -2.11. The van der Waals surface area contributed by atoms with Crippen LogP contribution in [0.5, 0.6) is 0 Å². The Kier molecular flexibility index (Phi) is 3.90. The lowest BCUT2D eigenvalue weighted by atomic mass is 10.1. The lowest BCUT2D eigenvalue weighted by molar-refractivity contribution is 0.0947. The minimum Gasteiger partial charge on any atom is -0.348 e. The molecule has 0 aliphatic rings. The van der Waals surface area contributed by atoms with Gasteiger partial charge in [0.2, 0.25) is 0 Å². The number of aryl methyl sites for hydroxylation is 1. The van der Waals surface area contributed by atoms with Crippen LogP contribution >= 0.6 is 0 Å². The van der Waals surface area contributed by atoms with E-state index in [1.54, 1.807) is 0 Å². The number of nitrogens with one attached hydrogen (secondary N) is 1. The first-order valence-corrected chi connectivity index (χ1v) is 5.85. The van der Waals surface area contributed by atoms with E-state index < -0.39 is 17.5 Å². The molecule has 2 aromatic carbocycles. The molecule has 0 radical (unpaired) electrons. The van der Waals surface area contributed by atoms with Crippen molar-refractivity contribution in [3.05, 3.63) is 70.8 Å². The van der Waals surface area contributed by atoms with Crippen LogP contribution in [0.2, 0.25) is 0 Å². The number of hydrogen-bond acceptors (Lipinski definition) is 1. The number of halogens is 2. The highest BCUT2D eigenvalue weighted by atomic mass is 19.1. The Balaban J connectivity index is 2.08. The third-order valence-electron chi connectivity index (χ3n) is 2.88. The molecule has 0 unspecified atom stereocenters. The molecule has 0 bridgehead atoms. The van der Waals surface area contributed by atoms with Gasteiger partial charge in [-0.1, -0.05) is 24.3 Å². The number of amides is 1. The van der Waals surface area contributed by atoms with E-state index in [4.69, 9.17) is 0 Å². The van der Waals surface area contributed by atoms with E-state index >= 15 is 0 Å². The molecule has 0 aromatic heterocycles. The number of carbonyl (C=O) groups is 1. The number of rotatable bonds is 3. The SMILES string of the molecule is Cc1ccccc1CNC(=O)c1ccc(F)cc1F. The Labute approximate surface area is 110 Å². The highest BCUT2D eigenvalue weighted by molar-refractivity contribution is 5.94. The maximum atomic E-state index is 13.4. The van der Waals surface area contributed by atoms with E-state index in [0.29, 0.717) is 12.6 Å². The zero-order valence-electron chi connectivity index (χ0n) is 10.4. The second-order valence-corrected chi connectivity index (χ2v) is 4.23. The van der Waals surface area contributed by atoms with Crippen molar-refractivity contribution in [3.63, 3.8) is 0 Å². The van der Waals surface area contributed by atoms with E-state index in [0.717, 1.165) is 23.3 Å². The van der Waals surface area contributed by atoms with Gasteiger partial charge in [-0.05, 0) is 30.2 Å². The second kappa shape index (κ2) is 5.61. The molecule has 0 spiro atoms. The summed E-state index contributed by atoms with van der Waals surface area (Å²) in [5, 5.41) is 2.61. The van der Waals surface area contributed by atoms with Crippen molar-refractivity contribution in [2.75, 3.05) is 0 Å². The van der Waals surface area contributed by atoms with E-state index in [-0.39, 0.29) is 5.56 Å². The molecular weight excluding hydrogens is 248 g/mol. The van der Waals surface area contributed by atoms with Crippen LogP contribution in [-0.2, 0) is 6.54 Å². The molecule has 2 nitrogen and oxygen atoms in total. The molecule has 98 valence electrons. The smallest absolute Gasteiger partial charge is 0.254 e. The minimum absolute atomic E-state index is 0.157. The maximum Gasteiger partial charge on any atom is 0.254 e. The first-order chi connectivity index (χ1) is 9.08. The third kappa shape index (κ3) is 3.16. The minimum atomic E-state index is -0.859. The van der Waals surface area contributed by atoms with Gasteiger partial charge in [0.15, 0.2) is 0 Å². The zero-order chi connectivity index (χ0) is 13.8. The van der Waals surface area contributed by atoms with Crippen LogP contribution in [0.25, 0.3) is 0 Å². The van der Waals surface area contributed by atoms with Gasteiger partial charge in [0.25, 0.3) is 5.91 Å². The highest BCUT2D eigenvalue weighted by Gasteiger charge is 2.12. The van der Waals surface area contributed by atoms with Gasteiger partial charge in [-0.3, -0.25) is 4.79 Å². The molecule has 1 N–H and O–H groups in total. The van der Waals surface area contributed by atoms with E-state index in [2.05, 4.69) is 5.32 Å². The summed E-state index contributed by atoms with van der Waals surface area (Å²) in [7, 11) is 0. The monoisotopic (exact) mass is 261 g/mol. The van der Waals surface area contributed by atoms with Crippen molar-refractivity contribution in [1.29, 1.82) is 0 Å². The summed E-state index contributed by atoms with van der Waals surface area (Å²) >= 11 is 0. The molecule has 2 aromatic rings. The normalized spacial score (nSPS) is 10.3. The topological polar surface area (TPSA) is 29.1 Å². The van der Waals surface area contributed by atoms with Crippen molar-refractivity contribution >= 4 is 5.91 Å². The van der Waals surface area contributed by atoms with Crippen LogP contribution in [0.15, 0.2) is 42.5 Å². The van der Waals surface area contributed by atoms with Gasteiger partial charge < -0.3 is 5.32 Å². The van der Waals surface area contributed by atoms with Gasteiger partial charge in [-0.15, -0.1) is 0 Å². The molecule has 4 heteroatoms. The summed E-state index contributed by atoms with van der Waals surface area (Å²) in [6.45, 7) is 2.24. The van der Waals surface area contributed by atoms with Crippen molar-refractivity contribution in [3.8, 4) is 0 Å². The molecule has 0 aliphatic carbocycles. The van der Waals surface area contributed by atoms with Gasteiger partial charge in [-0.25, -0.2) is 8.78 Å². The lowest BCUT2D eigenvalue weighted by Crippen LogP contribution is -2.24. The molecule has 19 heavy (non-hydrogen) atoms. The fourth-order valence-electron chi connectivity index (χ4n) is 1.75. The summed E-state index contributed by atoms with van der Waals surface area (Å²) in [5.41, 5.74) is 1.84. The molecule has 0 heterocycles. The molecule has 0 fully saturated rings. The molecule has 0 saturated carbocycles. The van der Waals surface area contributed by atoms with Crippen LogP contribution in [0.3, 0.4) is 0 Å². The summed E-state index contributed by atoms with van der Waals surface area (Å²) in [6.07, 6.45) is 0. The zero-order valence-corrected chi connectivity index (χ0v) is 10.4. The molecule has 0 aliphatic heterocycles.